The highest BCUT2D eigenvalue weighted by molar-refractivity contribution is 5.83. The van der Waals surface area contributed by atoms with Crippen LogP contribution in [0, 0.1) is 0 Å². The zero-order chi connectivity index (χ0) is 12.8. The molecule has 1 N–H and O–H groups in total. The molecule has 0 bridgehead atoms. The number of benzene rings is 2. The largest absolute Gasteiger partial charge is 0.352 e. The number of rotatable bonds is 5. The normalized spacial score (nSPS) is 10.5. The van der Waals surface area contributed by atoms with Crippen LogP contribution in [0.15, 0.2) is 42.5 Å². The molecule has 2 aromatic carbocycles. The number of nitrogens with one attached hydrogen (secondary N) is 1. The third kappa shape index (κ3) is 3.33. The lowest BCUT2D eigenvalue weighted by atomic mass is 10.1. The van der Waals surface area contributed by atoms with Crippen molar-refractivity contribution < 1.29 is 4.79 Å². The van der Waals surface area contributed by atoms with E-state index in [0.29, 0.717) is 13.0 Å². The van der Waals surface area contributed by atoms with Gasteiger partial charge in [0.05, 0.1) is 0 Å². The predicted molar refractivity (Wildman–Crippen MR) is 75.3 cm³/mol. The van der Waals surface area contributed by atoms with Crippen molar-refractivity contribution in [2.24, 2.45) is 0 Å². The third-order valence-corrected chi connectivity index (χ3v) is 3.06. The van der Waals surface area contributed by atoms with Crippen LogP contribution in [0.2, 0.25) is 0 Å². The van der Waals surface area contributed by atoms with E-state index in [1.54, 1.807) is 0 Å². The summed E-state index contributed by atoms with van der Waals surface area (Å²) < 4.78 is 0. The van der Waals surface area contributed by atoms with Gasteiger partial charge in [-0.1, -0.05) is 49.7 Å². The molecule has 1 amide bonds. The van der Waals surface area contributed by atoms with Gasteiger partial charge in [0, 0.05) is 13.0 Å². The molecular weight excluding hydrogens is 222 g/mol. The molecule has 2 heteroatoms. The lowest BCUT2D eigenvalue weighted by Crippen LogP contribution is -2.22. The van der Waals surface area contributed by atoms with E-state index in [2.05, 4.69) is 42.6 Å². The molecule has 0 heterocycles. The molecule has 0 fully saturated rings. The van der Waals surface area contributed by atoms with Crippen molar-refractivity contribution in [1.82, 2.24) is 5.32 Å². The van der Waals surface area contributed by atoms with Crippen LogP contribution in [0.1, 0.15) is 31.7 Å². The Morgan fingerprint density at radius 2 is 1.89 bits per heavy atom. The summed E-state index contributed by atoms with van der Waals surface area (Å²) in [6, 6.07) is 14.6. The molecule has 0 atom stereocenters. The molecule has 0 aromatic heterocycles. The van der Waals surface area contributed by atoms with Gasteiger partial charge in [-0.05, 0) is 28.8 Å². The van der Waals surface area contributed by atoms with Gasteiger partial charge in [0.25, 0.3) is 0 Å². The molecule has 0 spiro atoms. The fraction of sp³-hybridized carbons (Fsp3) is 0.312. The smallest absolute Gasteiger partial charge is 0.220 e. The highest BCUT2D eigenvalue weighted by Gasteiger charge is 2.01. The van der Waals surface area contributed by atoms with E-state index in [0.717, 1.165) is 18.4 Å². The molecule has 2 rings (SSSR count). The van der Waals surface area contributed by atoms with Crippen molar-refractivity contribution in [3.63, 3.8) is 0 Å². The Morgan fingerprint density at radius 3 is 2.67 bits per heavy atom. The van der Waals surface area contributed by atoms with Gasteiger partial charge < -0.3 is 5.32 Å². The number of carbonyl (C=O) groups is 1. The highest BCUT2D eigenvalue weighted by Crippen LogP contribution is 2.15. The van der Waals surface area contributed by atoms with Crippen LogP contribution < -0.4 is 5.32 Å². The van der Waals surface area contributed by atoms with Crippen LogP contribution in [0.4, 0.5) is 0 Å². The first kappa shape index (κ1) is 12.6. The summed E-state index contributed by atoms with van der Waals surface area (Å²) >= 11 is 0. The van der Waals surface area contributed by atoms with Crippen LogP contribution in [0.5, 0.6) is 0 Å². The van der Waals surface area contributed by atoms with E-state index in [-0.39, 0.29) is 5.91 Å². The van der Waals surface area contributed by atoms with Gasteiger partial charge in [-0.3, -0.25) is 4.79 Å². The van der Waals surface area contributed by atoms with Gasteiger partial charge in [0.15, 0.2) is 0 Å². The first-order chi connectivity index (χ1) is 8.79. The number of carbonyl (C=O) groups excluding carboxylic acids is 1. The minimum atomic E-state index is 0.144. The molecule has 0 aliphatic heterocycles. The van der Waals surface area contributed by atoms with Gasteiger partial charge in [-0.15, -0.1) is 0 Å². The average molecular weight is 241 g/mol. The molecule has 2 nitrogen and oxygen atoms in total. The topological polar surface area (TPSA) is 29.1 Å². The maximum absolute atomic E-state index is 11.5. The molecule has 0 aliphatic rings. The molecule has 94 valence electrons. The van der Waals surface area contributed by atoms with Crippen LogP contribution in [0.3, 0.4) is 0 Å². The maximum Gasteiger partial charge on any atom is 0.220 e. The van der Waals surface area contributed by atoms with Crippen molar-refractivity contribution in [2.75, 3.05) is 0 Å². The van der Waals surface area contributed by atoms with E-state index >= 15 is 0 Å². The second-order valence-electron chi connectivity index (χ2n) is 4.56. The fourth-order valence-electron chi connectivity index (χ4n) is 1.98. The standard InChI is InChI=1S/C16H19NO/c1-2-3-8-16(18)17-12-13-9-10-14-6-4-5-7-15(14)11-13/h4-7,9-11H,2-3,8,12H2,1H3,(H,17,18). The maximum atomic E-state index is 11.5. The van der Waals surface area contributed by atoms with Gasteiger partial charge >= 0.3 is 0 Å². The van der Waals surface area contributed by atoms with E-state index < -0.39 is 0 Å². The van der Waals surface area contributed by atoms with Gasteiger partial charge in [-0.25, -0.2) is 0 Å². The molecule has 0 aliphatic carbocycles. The molecule has 0 saturated carbocycles. The van der Waals surface area contributed by atoms with Gasteiger partial charge in [0.2, 0.25) is 5.91 Å². The Hall–Kier alpha value is -1.83. The quantitative estimate of drug-likeness (QED) is 0.850. The SMILES string of the molecule is CCCCC(=O)NCc1ccc2ccccc2c1. The van der Waals surface area contributed by atoms with Crippen molar-refractivity contribution in [3.8, 4) is 0 Å². The van der Waals surface area contributed by atoms with Crippen LogP contribution in [0.25, 0.3) is 10.8 Å². The zero-order valence-electron chi connectivity index (χ0n) is 10.8. The second-order valence-corrected chi connectivity index (χ2v) is 4.56. The Kier molecular flexibility index (Phi) is 4.35. The van der Waals surface area contributed by atoms with Gasteiger partial charge in [-0.2, -0.15) is 0 Å². The van der Waals surface area contributed by atoms with E-state index in [9.17, 15) is 4.79 Å². The molecular formula is C16H19NO. The minimum absolute atomic E-state index is 0.144. The van der Waals surface area contributed by atoms with Crippen molar-refractivity contribution >= 4 is 16.7 Å². The fourth-order valence-corrected chi connectivity index (χ4v) is 1.98. The first-order valence-electron chi connectivity index (χ1n) is 6.54. The first-order valence-corrected chi connectivity index (χ1v) is 6.54. The summed E-state index contributed by atoms with van der Waals surface area (Å²) in [4.78, 5) is 11.5. The summed E-state index contributed by atoms with van der Waals surface area (Å²) in [5, 5.41) is 5.41. The summed E-state index contributed by atoms with van der Waals surface area (Å²) in [5.74, 6) is 0.144. The van der Waals surface area contributed by atoms with E-state index in [1.165, 1.54) is 10.8 Å². The second kappa shape index (κ2) is 6.20. The molecule has 2 aromatic rings. The van der Waals surface area contributed by atoms with Crippen LogP contribution in [-0.4, -0.2) is 5.91 Å². The summed E-state index contributed by atoms with van der Waals surface area (Å²) in [5.41, 5.74) is 1.15. The summed E-state index contributed by atoms with van der Waals surface area (Å²) in [6.07, 6.45) is 2.65. The molecule has 0 unspecified atom stereocenters. The summed E-state index contributed by atoms with van der Waals surface area (Å²) in [7, 11) is 0. The van der Waals surface area contributed by atoms with Gasteiger partial charge in [0.1, 0.15) is 0 Å². The lowest BCUT2D eigenvalue weighted by Gasteiger charge is -2.06. The number of amides is 1. The zero-order valence-corrected chi connectivity index (χ0v) is 10.8. The Labute approximate surface area is 108 Å². The Morgan fingerprint density at radius 1 is 1.11 bits per heavy atom. The third-order valence-electron chi connectivity index (χ3n) is 3.06. The summed E-state index contributed by atoms with van der Waals surface area (Å²) in [6.45, 7) is 2.71. The average Bonchev–Trinajstić information content (AvgIpc) is 2.42. The highest BCUT2D eigenvalue weighted by atomic mass is 16.1. The number of fused-ring (bicyclic) bond motifs is 1. The number of hydrogen-bond acceptors (Lipinski definition) is 1. The van der Waals surface area contributed by atoms with E-state index in [4.69, 9.17) is 0 Å². The molecule has 0 saturated heterocycles. The number of unbranched alkanes of at least 4 members (excludes halogenated alkanes) is 1. The Balaban J connectivity index is 1.97. The predicted octanol–water partition coefficient (Wildman–Crippen LogP) is 3.65. The molecule has 0 radical (unpaired) electrons. The van der Waals surface area contributed by atoms with E-state index in [1.807, 2.05) is 12.1 Å². The van der Waals surface area contributed by atoms with Crippen LogP contribution >= 0.6 is 0 Å². The van der Waals surface area contributed by atoms with Crippen molar-refractivity contribution in [1.29, 1.82) is 0 Å². The monoisotopic (exact) mass is 241 g/mol. The molecule has 18 heavy (non-hydrogen) atoms. The lowest BCUT2D eigenvalue weighted by molar-refractivity contribution is -0.121. The Bertz CT molecular complexity index is 533. The van der Waals surface area contributed by atoms with Crippen LogP contribution in [-0.2, 0) is 11.3 Å². The van der Waals surface area contributed by atoms with Crippen molar-refractivity contribution in [2.45, 2.75) is 32.7 Å². The minimum Gasteiger partial charge on any atom is -0.352 e. The number of hydrogen-bond donors (Lipinski definition) is 1. The van der Waals surface area contributed by atoms with Crippen molar-refractivity contribution in [3.05, 3.63) is 48.0 Å².